The Morgan fingerprint density at radius 3 is 2.83 bits per heavy atom. The van der Waals surface area contributed by atoms with Gasteiger partial charge >= 0.3 is 0 Å². The van der Waals surface area contributed by atoms with Gasteiger partial charge in [-0.3, -0.25) is 4.79 Å². The molecule has 1 amide bonds. The zero-order chi connectivity index (χ0) is 12.8. The van der Waals surface area contributed by atoms with Crippen molar-refractivity contribution in [1.82, 2.24) is 5.32 Å². The maximum absolute atomic E-state index is 11.9. The minimum atomic E-state index is -0.626. The molecule has 96 valence electrons. The third-order valence-electron chi connectivity index (χ3n) is 3.48. The fraction of sp³-hybridized carbons (Fsp3) is 0.571. The van der Waals surface area contributed by atoms with E-state index in [1.807, 2.05) is 12.1 Å². The quantitative estimate of drug-likeness (QED) is 0.887. The molecule has 1 N–H and O–H groups in total. The molecule has 1 aliphatic rings. The van der Waals surface area contributed by atoms with Crippen LogP contribution in [0.3, 0.4) is 0 Å². The molecule has 0 atom stereocenters. The summed E-state index contributed by atoms with van der Waals surface area (Å²) in [6.45, 7) is 0. The summed E-state index contributed by atoms with van der Waals surface area (Å²) in [5, 5.41) is 12.2. The molecule has 2 rings (SSSR count). The summed E-state index contributed by atoms with van der Waals surface area (Å²) >= 11 is 0. The molecule has 0 aromatic carbocycles. The fourth-order valence-corrected chi connectivity index (χ4v) is 2.44. The number of hydrogen-bond acceptors (Lipinski definition) is 3. The molecule has 0 radical (unpaired) electrons. The lowest BCUT2D eigenvalue weighted by atomic mass is 9.83. The van der Waals surface area contributed by atoms with Gasteiger partial charge in [-0.1, -0.05) is 19.3 Å². The topological polar surface area (TPSA) is 66.0 Å². The van der Waals surface area contributed by atoms with Crippen LogP contribution in [0.5, 0.6) is 0 Å². The van der Waals surface area contributed by atoms with Crippen LogP contribution < -0.4 is 5.32 Å². The second-order valence-electron chi connectivity index (χ2n) is 4.88. The predicted octanol–water partition coefficient (Wildman–Crippen LogP) is 2.55. The normalized spacial score (nSPS) is 17.9. The molecule has 1 heterocycles. The van der Waals surface area contributed by atoms with Crippen LogP contribution in [0.2, 0.25) is 0 Å². The Labute approximate surface area is 107 Å². The number of carbonyl (C=O) groups is 1. The molecular formula is C14H18N2O2. The summed E-state index contributed by atoms with van der Waals surface area (Å²) in [6, 6.07) is 5.95. The van der Waals surface area contributed by atoms with E-state index in [9.17, 15) is 10.1 Å². The van der Waals surface area contributed by atoms with Crippen LogP contribution in [-0.2, 0) is 11.2 Å². The van der Waals surface area contributed by atoms with Crippen molar-refractivity contribution in [2.45, 2.75) is 50.5 Å². The largest absolute Gasteiger partial charge is 0.469 e. The summed E-state index contributed by atoms with van der Waals surface area (Å²) in [4.78, 5) is 11.9. The second-order valence-corrected chi connectivity index (χ2v) is 4.88. The third kappa shape index (κ3) is 3.13. The van der Waals surface area contributed by atoms with Gasteiger partial charge in [0.15, 0.2) is 0 Å². The lowest BCUT2D eigenvalue weighted by Gasteiger charge is -2.31. The minimum Gasteiger partial charge on any atom is -0.469 e. The number of aryl methyl sites for hydroxylation is 1. The predicted molar refractivity (Wildman–Crippen MR) is 66.6 cm³/mol. The number of nitrogens with one attached hydrogen (secondary N) is 1. The summed E-state index contributed by atoms with van der Waals surface area (Å²) < 4.78 is 5.18. The minimum absolute atomic E-state index is 0.0603. The molecule has 0 aliphatic heterocycles. The highest BCUT2D eigenvalue weighted by molar-refractivity contribution is 5.77. The highest BCUT2D eigenvalue weighted by Crippen LogP contribution is 2.27. The van der Waals surface area contributed by atoms with Crippen LogP contribution in [-0.4, -0.2) is 11.4 Å². The van der Waals surface area contributed by atoms with Gasteiger partial charge in [0.2, 0.25) is 5.91 Å². The Morgan fingerprint density at radius 2 is 2.22 bits per heavy atom. The average Bonchev–Trinajstić information content (AvgIpc) is 2.91. The van der Waals surface area contributed by atoms with E-state index in [4.69, 9.17) is 4.42 Å². The van der Waals surface area contributed by atoms with E-state index in [1.165, 1.54) is 0 Å². The average molecular weight is 246 g/mol. The van der Waals surface area contributed by atoms with Gasteiger partial charge in [0.05, 0.1) is 12.3 Å². The number of carbonyl (C=O) groups excluding carboxylic acids is 1. The Kier molecular flexibility index (Phi) is 4.03. The molecule has 0 bridgehead atoms. The van der Waals surface area contributed by atoms with E-state index in [2.05, 4.69) is 11.4 Å². The lowest BCUT2D eigenvalue weighted by Crippen LogP contribution is -2.48. The SMILES string of the molecule is N#CC1(NC(=O)CCc2ccco2)CCCCC1. The first kappa shape index (κ1) is 12.7. The molecule has 1 aromatic heterocycles. The highest BCUT2D eigenvalue weighted by Gasteiger charge is 2.33. The van der Waals surface area contributed by atoms with Gasteiger partial charge < -0.3 is 9.73 Å². The zero-order valence-electron chi connectivity index (χ0n) is 10.4. The number of nitrogens with zero attached hydrogens (tertiary/aromatic N) is 1. The van der Waals surface area contributed by atoms with Crippen LogP contribution in [0, 0.1) is 11.3 Å². The molecule has 1 fully saturated rings. The maximum atomic E-state index is 11.9. The van der Waals surface area contributed by atoms with E-state index in [-0.39, 0.29) is 5.91 Å². The van der Waals surface area contributed by atoms with Crippen molar-refractivity contribution in [3.05, 3.63) is 24.2 Å². The first-order valence-electron chi connectivity index (χ1n) is 6.49. The van der Waals surface area contributed by atoms with Crippen molar-refractivity contribution in [1.29, 1.82) is 5.26 Å². The van der Waals surface area contributed by atoms with E-state index < -0.39 is 5.54 Å². The van der Waals surface area contributed by atoms with Gasteiger partial charge in [-0.25, -0.2) is 0 Å². The monoisotopic (exact) mass is 246 g/mol. The number of rotatable bonds is 4. The van der Waals surface area contributed by atoms with Gasteiger partial charge in [-0.2, -0.15) is 5.26 Å². The summed E-state index contributed by atoms with van der Waals surface area (Å²) in [5.41, 5.74) is -0.626. The molecule has 4 nitrogen and oxygen atoms in total. The van der Waals surface area contributed by atoms with Crippen molar-refractivity contribution in [2.24, 2.45) is 0 Å². The van der Waals surface area contributed by atoms with Crippen molar-refractivity contribution < 1.29 is 9.21 Å². The van der Waals surface area contributed by atoms with Crippen LogP contribution in [0.15, 0.2) is 22.8 Å². The van der Waals surface area contributed by atoms with E-state index in [0.29, 0.717) is 12.8 Å². The first-order chi connectivity index (χ1) is 8.74. The Morgan fingerprint density at radius 1 is 1.44 bits per heavy atom. The Balaban J connectivity index is 1.84. The number of nitriles is 1. The van der Waals surface area contributed by atoms with Crippen molar-refractivity contribution in [2.75, 3.05) is 0 Å². The van der Waals surface area contributed by atoms with Crippen LogP contribution in [0.1, 0.15) is 44.3 Å². The standard InChI is InChI=1S/C14H18N2O2/c15-11-14(8-2-1-3-9-14)16-13(17)7-6-12-5-4-10-18-12/h4-5,10H,1-3,6-9H2,(H,16,17). The van der Waals surface area contributed by atoms with Gasteiger partial charge in [-0.05, 0) is 25.0 Å². The van der Waals surface area contributed by atoms with Crippen molar-refractivity contribution in [3.8, 4) is 6.07 Å². The molecule has 18 heavy (non-hydrogen) atoms. The number of hydrogen-bond donors (Lipinski definition) is 1. The molecule has 1 aromatic rings. The van der Waals surface area contributed by atoms with Crippen LogP contribution in [0.25, 0.3) is 0 Å². The summed E-state index contributed by atoms with van der Waals surface area (Å²) in [7, 11) is 0. The van der Waals surface area contributed by atoms with Crippen LogP contribution in [0.4, 0.5) is 0 Å². The Bertz CT molecular complexity index is 425. The van der Waals surface area contributed by atoms with Gasteiger partial charge in [0.1, 0.15) is 11.3 Å². The lowest BCUT2D eigenvalue weighted by molar-refractivity contribution is -0.122. The van der Waals surface area contributed by atoms with Crippen molar-refractivity contribution >= 4 is 5.91 Å². The second kappa shape index (κ2) is 5.72. The molecule has 1 saturated carbocycles. The summed E-state index contributed by atoms with van der Waals surface area (Å²) in [6.07, 6.45) is 7.30. The third-order valence-corrected chi connectivity index (χ3v) is 3.48. The molecule has 0 saturated heterocycles. The van der Waals surface area contributed by atoms with E-state index in [0.717, 1.165) is 37.9 Å². The highest BCUT2D eigenvalue weighted by atomic mass is 16.3. The van der Waals surface area contributed by atoms with Crippen molar-refractivity contribution in [3.63, 3.8) is 0 Å². The molecule has 0 unspecified atom stereocenters. The Hall–Kier alpha value is -1.76. The van der Waals surface area contributed by atoms with Gasteiger partial charge in [-0.15, -0.1) is 0 Å². The zero-order valence-corrected chi connectivity index (χ0v) is 10.4. The number of amides is 1. The molecule has 1 aliphatic carbocycles. The van der Waals surface area contributed by atoms with E-state index in [1.54, 1.807) is 6.26 Å². The smallest absolute Gasteiger partial charge is 0.221 e. The molecule has 4 heteroatoms. The fourth-order valence-electron chi connectivity index (χ4n) is 2.44. The molecule has 0 spiro atoms. The molecular weight excluding hydrogens is 228 g/mol. The summed E-state index contributed by atoms with van der Waals surface area (Å²) in [5.74, 6) is 0.745. The van der Waals surface area contributed by atoms with Crippen LogP contribution >= 0.6 is 0 Å². The van der Waals surface area contributed by atoms with Gasteiger partial charge in [0.25, 0.3) is 0 Å². The number of furan rings is 1. The van der Waals surface area contributed by atoms with Gasteiger partial charge in [0, 0.05) is 12.8 Å². The first-order valence-corrected chi connectivity index (χ1v) is 6.49. The van der Waals surface area contributed by atoms with E-state index >= 15 is 0 Å². The maximum Gasteiger partial charge on any atom is 0.221 e.